The van der Waals surface area contributed by atoms with Crippen LogP contribution in [0.3, 0.4) is 0 Å². The molecule has 0 saturated heterocycles. The monoisotopic (exact) mass is 275 g/mol. The van der Waals surface area contributed by atoms with Gasteiger partial charge in [0.1, 0.15) is 5.82 Å². The van der Waals surface area contributed by atoms with Crippen molar-refractivity contribution in [3.63, 3.8) is 0 Å². The number of rotatable bonds is 1. The van der Waals surface area contributed by atoms with Crippen LogP contribution in [0.15, 0.2) is 35.5 Å². The van der Waals surface area contributed by atoms with E-state index in [1.54, 1.807) is 31.1 Å². The lowest BCUT2D eigenvalue weighted by atomic mass is 9.96. The van der Waals surface area contributed by atoms with Crippen LogP contribution < -0.4 is 5.32 Å². The van der Waals surface area contributed by atoms with Crippen molar-refractivity contribution in [1.29, 1.82) is 0 Å². The van der Waals surface area contributed by atoms with Gasteiger partial charge in [0.2, 0.25) is 0 Å². The molecule has 6 heteroatoms. The van der Waals surface area contributed by atoms with Gasteiger partial charge < -0.3 is 10.2 Å². The number of nitrogens with zero attached hydrogens (tertiary/aromatic N) is 2. The molecule has 1 aromatic rings. The van der Waals surface area contributed by atoms with Gasteiger partial charge in [0.25, 0.3) is 5.91 Å². The number of nitrogens with one attached hydrogen (secondary N) is 1. The third-order valence-electron chi connectivity index (χ3n) is 3.74. The maximum Gasteiger partial charge on any atom is 0.322 e. The summed E-state index contributed by atoms with van der Waals surface area (Å²) in [6.45, 7) is 0.412. The average Bonchev–Trinajstić information content (AvgIpc) is 2.72. The highest BCUT2D eigenvalue weighted by molar-refractivity contribution is 6.01. The summed E-state index contributed by atoms with van der Waals surface area (Å²) in [5, 5.41) is 2.78. The van der Waals surface area contributed by atoms with Crippen LogP contribution in [0.5, 0.6) is 0 Å². The minimum atomic E-state index is -0.522. The van der Waals surface area contributed by atoms with Crippen molar-refractivity contribution in [2.75, 3.05) is 20.6 Å². The number of amides is 3. The number of halogens is 1. The van der Waals surface area contributed by atoms with E-state index in [0.717, 1.165) is 0 Å². The van der Waals surface area contributed by atoms with Crippen LogP contribution in [0, 0.1) is 5.82 Å². The Labute approximate surface area is 115 Å². The summed E-state index contributed by atoms with van der Waals surface area (Å²) in [6, 6.07) is 5.03. The normalized spacial score (nSPS) is 22.2. The van der Waals surface area contributed by atoms with Crippen LogP contribution in [-0.2, 0) is 4.79 Å². The minimum absolute atomic E-state index is 0.110. The molecule has 1 unspecified atom stereocenters. The Morgan fingerprint density at radius 3 is 2.50 bits per heavy atom. The second-order valence-corrected chi connectivity index (χ2v) is 5.01. The van der Waals surface area contributed by atoms with E-state index < -0.39 is 6.04 Å². The summed E-state index contributed by atoms with van der Waals surface area (Å²) in [4.78, 5) is 27.3. The van der Waals surface area contributed by atoms with Crippen molar-refractivity contribution < 1.29 is 14.0 Å². The van der Waals surface area contributed by atoms with Gasteiger partial charge in [0.05, 0.1) is 23.9 Å². The SMILES string of the molecule is CN1CC2=C(C1=O)C(c1ccc(F)cc1)NC(=O)N2C. The first kappa shape index (κ1) is 12.7. The first-order valence-corrected chi connectivity index (χ1v) is 6.27. The number of hydrogen-bond acceptors (Lipinski definition) is 2. The quantitative estimate of drug-likeness (QED) is 0.838. The first-order valence-electron chi connectivity index (χ1n) is 6.27. The van der Waals surface area contributed by atoms with Crippen molar-refractivity contribution >= 4 is 11.9 Å². The van der Waals surface area contributed by atoms with E-state index in [-0.39, 0.29) is 17.8 Å². The molecule has 0 bridgehead atoms. The topological polar surface area (TPSA) is 52.7 Å². The molecule has 3 rings (SSSR count). The molecule has 5 nitrogen and oxygen atoms in total. The Hall–Kier alpha value is -2.37. The van der Waals surface area contributed by atoms with E-state index in [9.17, 15) is 14.0 Å². The lowest BCUT2D eigenvalue weighted by Gasteiger charge is -2.31. The summed E-state index contributed by atoms with van der Waals surface area (Å²) in [7, 11) is 3.33. The van der Waals surface area contributed by atoms with Crippen molar-refractivity contribution in [3.05, 3.63) is 46.9 Å². The van der Waals surface area contributed by atoms with Crippen LogP contribution in [0.1, 0.15) is 11.6 Å². The summed E-state index contributed by atoms with van der Waals surface area (Å²) < 4.78 is 13.0. The molecule has 104 valence electrons. The molecule has 0 aromatic heterocycles. The molecular weight excluding hydrogens is 261 g/mol. The summed E-state index contributed by atoms with van der Waals surface area (Å²) in [5.41, 5.74) is 1.96. The lowest BCUT2D eigenvalue weighted by Crippen LogP contribution is -2.45. The minimum Gasteiger partial charge on any atom is -0.336 e. The van der Waals surface area contributed by atoms with Crippen LogP contribution in [0.4, 0.5) is 9.18 Å². The average molecular weight is 275 g/mol. The van der Waals surface area contributed by atoms with E-state index in [4.69, 9.17) is 0 Å². The number of carbonyl (C=O) groups excluding carboxylic acids is 2. The number of carbonyl (C=O) groups is 2. The molecule has 0 spiro atoms. The molecule has 0 fully saturated rings. The predicted molar refractivity (Wildman–Crippen MR) is 70.1 cm³/mol. The predicted octanol–water partition coefficient (Wildman–Crippen LogP) is 1.25. The summed E-state index contributed by atoms with van der Waals surface area (Å²) in [6.07, 6.45) is 0. The molecular formula is C14H14FN3O2. The standard InChI is InChI=1S/C14H14FN3O2/c1-17-7-10-11(13(17)19)12(16-14(20)18(10)2)8-3-5-9(15)6-4-8/h3-6,12H,7H2,1-2H3,(H,16,20). The lowest BCUT2D eigenvalue weighted by molar-refractivity contribution is -0.124. The Bertz CT molecular complexity index is 624. The highest BCUT2D eigenvalue weighted by Gasteiger charge is 2.41. The molecule has 3 amide bonds. The van der Waals surface area contributed by atoms with Gasteiger partial charge in [-0.2, -0.15) is 0 Å². The maximum absolute atomic E-state index is 13.0. The summed E-state index contributed by atoms with van der Waals surface area (Å²) >= 11 is 0. The van der Waals surface area contributed by atoms with Crippen molar-refractivity contribution in [2.45, 2.75) is 6.04 Å². The number of benzene rings is 1. The Kier molecular flexibility index (Phi) is 2.74. The Morgan fingerprint density at radius 1 is 1.20 bits per heavy atom. The van der Waals surface area contributed by atoms with Gasteiger partial charge in [-0.1, -0.05) is 12.1 Å². The molecule has 2 heterocycles. The Balaban J connectivity index is 2.08. The van der Waals surface area contributed by atoms with Gasteiger partial charge in [-0.15, -0.1) is 0 Å². The highest BCUT2D eigenvalue weighted by atomic mass is 19.1. The molecule has 0 saturated carbocycles. The van der Waals surface area contributed by atoms with Gasteiger partial charge in [-0.3, -0.25) is 9.69 Å². The molecule has 1 aromatic carbocycles. The van der Waals surface area contributed by atoms with Crippen molar-refractivity contribution in [3.8, 4) is 0 Å². The summed E-state index contributed by atoms with van der Waals surface area (Å²) in [5.74, 6) is -0.460. The third-order valence-corrected chi connectivity index (χ3v) is 3.74. The smallest absolute Gasteiger partial charge is 0.322 e. The van der Waals surface area contributed by atoms with Gasteiger partial charge in [-0.25, -0.2) is 9.18 Å². The fourth-order valence-electron chi connectivity index (χ4n) is 2.61. The second-order valence-electron chi connectivity index (χ2n) is 5.01. The fourth-order valence-corrected chi connectivity index (χ4v) is 2.61. The molecule has 2 aliphatic rings. The van der Waals surface area contributed by atoms with Crippen LogP contribution in [-0.4, -0.2) is 42.4 Å². The van der Waals surface area contributed by atoms with E-state index >= 15 is 0 Å². The zero-order valence-electron chi connectivity index (χ0n) is 11.2. The van der Waals surface area contributed by atoms with E-state index in [2.05, 4.69) is 5.32 Å². The molecule has 0 aliphatic carbocycles. The van der Waals surface area contributed by atoms with Gasteiger partial charge in [0, 0.05) is 14.1 Å². The molecule has 1 N–H and O–H groups in total. The van der Waals surface area contributed by atoms with Crippen LogP contribution in [0.2, 0.25) is 0 Å². The highest BCUT2D eigenvalue weighted by Crippen LogP contribution is 2.34. The van der Waals surface area contributed by atoms with Gasteiger partial charge >= 0.3 is 6.03 Å². The molecule has 20 heavy (non-hydrogen) atoms. The molecule has 0 radical (unpaired) electrons. The van der Waals surface area contributed by atoms with Crippen LogP contribution >= 0.6 is 0 Å². The van der Waals surface area contributed by atoms with Crippen LogP contribution in [0.25, 0.3) is 0 Å². The largest absolute Gasteiger partial charge is 0.336 e. The number of hydrogen-bond donors (Lipinski definition) is 1. The fraction of sp³-hybridized carbons (Fsp3) is 0.286. The first-order chi connectivity index (χ1) is 9.49. The van der Waals surface area contributed by atoms with E-state index in [0.29, 0.717) is 23.4 Å². The maximum atomic E-state index is 13.0. The third kappa shape index (κ3) is 1.76. The second kappa shape index (κ2) is 4.33. The zero-order valence-corrected chi connectivity index (χ0v) is 11.2. The molecule has 2 aliphatic heterocycles. The van der Waals surface area contributed by atoms with Gasteiger partial charge in [0.15, 0.2) is 0 Å². The van der Waals surface area contributed by atoms with E-state index in [1.165, 1.54) is 17.0 Å². The number of likely N-dealkylation sites (N-methyl/N-ethyl adjacent to an activating group) is 2. The number of urea groups is 1. The molecule has 1 atom stereocenters. The van der Waals surface area contributed by atoms with Crippen molar-refractivity contribution in [2.24, 2.45) is 0 Å². The zero-order chi connectivity index (χ0) is 14.4. The Morgan fingerprint density at radius 2 is 1.85 bits per heavy atom. The van der Waals surface area contributed by atoms with Gasteiger partial charge in [-0.05, 0) is 17.7 Å². The van der Waals surface area contributed by atoms with E-state index in [1.807, 2.05) is 0 Å². The van der Waals surface area contributed by atoms with Crippen molar-refractivity contribution in [1.82, 2.24) is 15.1 Å².